The summed E-state index contributed by atoms with van der Waals surface area (Å²) in [5.41, 5.74) is 0. The second kappa shape index (κ2) is 7.76. The summed E-state index contributed by atoms with van der Waals surface area (Å²) in [6.45, 7) is 2.92. The smallest absolute Gasteiger partial charge is 0.315 e. The molecule has 0 aliphatic carbocycles. The summed E-state index contributed by atoms with van der Waals surface area (Å²) in [6.07, 6.45) is 5.86. The minimum atomic E-state index is -0.0272. The van der Waals surface area contributed by atoms with Crippen molar-refractivity contribution in [2.45, 2.75) is 62.8 Å². The highest BCUT2D eigenvalue weighted by Crippen LogP contribution is 2.33. The molecule has 5 nitrogen and oxygen atoms in total. The van der Waals surface area contributed by atoms with Gasteiger partial charge in [-0.2, -0.15) is 11.8 Å². The molecule has 0 bridgehead atoms. The Balaban J connectivity index is 1.55. The van der Waals surface area contributed by atoms with Crippen LogP contribution in [0.1, 0.15) is 45.4 Å². The Morgan fingerprint density at radius 3 is 3.00 bits per heavy atom. The Kier molecular flexibility index (Phi) is 6.01. The molecule has 2 aliphatic rings. The van der Waals surface area contributed by atoms with Crippen LogP contribution < -0.4 is 16.0 Å². The van der Waals surface area contributed by atoms with Gasteiger partial charge in [-0.15, -0.1) is 0 Å². The fourth-order valence-electron chi connectivity index (χ4n) is 2.77. The summed E-state index contributed by atoms with van der Waals surface area (Å²) in [4.78, 5) is 22.8. The molecule has 0 spiro atoms. The average molecular weight is 299 g/mol. The van der Waals surface area contributed by atoms with E-state index < -0.39 is 0 Å². The molecule has 0 aromatic carbocycles. The summed E-state index contributed by atoms with van der Waals surface area (Å²) in [6, 6.07) is 0.557. The van der Waals surface area contributed by atoms with Crippen LogP contribution in [-0.4, -0.2) is 41.6 Å². The van der Waals surface area contributed by atoms with Gasteiger partial charge < -0.3 is 16.0 Å². The minimum absolute atomic E-state index is 0.0272. The van der Waals surface area contributed by atoms with E-state index in [0.717, 1.165) is 44.4 Å². The van der Waals surface area contributed by atoms with E-state index in [0.29, 0.717) is 17.7 Å². The number of hydrogen-bond acceptors (Lipinski definition) is 3. The second-order valence-corrected chi connectivity index (χ2v) is 6.84. The Morgan fingerprint density at radius 1 is 1.35 bits per heavy atom. The molecule has 20 heavy (non-hydrogen) atoms. The van der Waals surface area contributed by atoms with Gasteiger partial charge in [-0.3, -0.25) is 4.79 Å². The molecule has 3 N–H and O–H groups in total. The number of urea groups is 1. The third-order valence-electron chi connectivity index (χ3n) is 3.93. The third-order valence-corrected chi connectivity index (χ3v) is 5.44. The molecular weight excluding hydrogens is 274 g/mol. The van der Waals surface area contributed by atoms with Gasteiger partial charge in [0.1, 0.15) is 0 Å². The predicted octanol–water partition coefficient (Wildman–Crippen LogP) is 1.63. The first-order valence-electron chi connectivity index (χ1n) is 7.66. The highest BCUT2D eigenvalue weighted by atomic mass is 32.2. The van der Waals surface area contributed by atoms with Gasteiger partial charge >= 0.3 is 6.03 Å². The molecule has 0 aromatic heterocycles. The molecule has 0 radical (unpaired) electrons. The fourth-order valence-corrected chi connectivity index (χ4v) is 4.31. The van der Waals surface area contributed by atoms with Crippen LogP contribution in [-0.2, 0) is 4.79 Å². The van der Waals surface area contributed by atoms with Crippen LogP contribution in [0.3, 0.4) is 0 Å². The van der Waals surface area contributed by atoms with Gasteiger partial charge in [-0.05, 0) is 19.3 Å². The van der Waals surface area contributed by atoms with E-state index in [1.807, 2.05) is 11.8 Å². The molecule has 6 heteroatoms. The van der Waals surface area contributed by atoms with Crippen LogP contribution in [0, 0.1) is 0 Å². The van der Waals surface area contributed by atoms with Gasteiger partial charge in [0.05, 0.1) is 12.1 Å². The molecule has 114 valence electrons. The maximum Gasteiger partial charge on any atom is 0.315 e. The van der Waals surface area contributed by atoms with E-state index in [1.54, 1.807) is 0 Å². The van der Waals surface area contributed by atoms with Gasteiger partial charge in [0.2, 0.25) is 5.91 Å². The standard InChI is InChI=1S/C14H25N3O2S/c1-2-3-8-15-12(18)7-5-4-6-11-13-10(9-20-11)16-14(19)17-13/h10-11,13H,2-9H2,1H3,(H,15,18)(H2,16,17,19)/t10?,11?,13-/m0/s1. The van der Waals surface area contributed by atoms with Crippen LogP contribution in [0.5, 0.6) is 0 Å². The topological polar surface area (TPSA) is 70.2 Å². The van der Waals surface area contributed by atoms with E-state index in [-0.39, 0.29) is 18.0 Å². The van der Waals surface area contributed by atoms with Crippen molar-refractivity contribution in [2.24, 2.45) is 0 Å². The maximum atomic E-state index is 11.6. The van der Waals surface area contributed by atoms with Crippen molar-refractivity contribution >= 4 is 23.7 Å². The van der Waals surface area contributed by atoms with E-state index in [2.05, 4.69) is 22.9 Å². The van der Waals surface area contributed by atoms with E-state index in [1.165, 1.54) is 0 Å². The van der Waals surface area contributed by atoms with Crippen molar-refractivity contribution in [3.05, 3.63) is 0 Å². The molecule has 0 aromatic rings. The largest absolute Gasteiger partial charge is 0.356 e. The van der Waals surface area contributed by atoms with Crippen molar-refractivity contribution < 1.29 is 9.59 Å². The molecular formula is C14H25N3O2S. The zero-order valence-electron chi connectivity index (χ0n) is 12.1. The molecule has 2 unspecified atom stereocenters. The average Bonchev–Trinajstić information content (AvgIpc) is 2.95. The SMILES string of the molecule is CCCCNC(=O)CCCCC1SCC2NC(=O)N[C@@H]21. The van der Waals surface area contributed by atoms with E-state index in [9.17, 15) is 9.59 Å². The number of unbranched alkanes of at least 4 members (excludes halogenated alkanes) is 2. The lowest BCUT2D eigenvalue weighted by Gasteiger charge is -2.16. The summed E-state index contributed by atoms with van der Waals surface area (Å²) in [5.74, 6) is 1.18. The van der Waals surface area contributed by atoms with Crippen molar-refractivity contribution in [3.8, 4) is 0 Å². The number of carbonyl (C=O) groups is 2. The van der Waals surface area contributed by atoms with Crippen LogP contribution in [0.15, 0.2) is 0 Å². The summed E-state index contributed by atoms with van der Waals surface area (Å²) >= 11 is 1.93. The zero-order chi connectivity index (χ0) is 14.4. The summed E-state index contributed by atoms with van der Waals surface area (Å²) in [7, 11) is 0. The van der Waals surface area contributed by atoms with E-state index in [4.69, 9.17) is 0 Å². The second-order valence-electron chi connectivity index (χ2n) is 5.57. The quantitative estimate of drug-likeness (QED) is 0.471. The molecule has 2 fully saturated rings. The molecule has 0 saturated carbocycles. The number of carbonyl (C=O) groups excluding carboxylic acids is 2. The van der Waals surface area contributed by atoms with Gasteiger partial charge in [0, 0.05) is 24.0 Å². The predicted molar refractivity (Wildman–Crippen MR) is 81.9 cm³/mol. The van der Waals surface area contributed by atoms with Crippen molar-refractivity contribution in [3.63, 3.8) is 0 Å². The maximum absolute atomic E-state index is 11.6. The Morgan fingerprint density at radius 2 is 2.20 bits per heavy atom. The summed E-state index contributed by atoms with van der Waals surface area (Å²) in [5, 5.41) is 9.39. The lowest BCUT2D eigenvalue weighted by atomic mass is 10.0. The number of fused-ring (bicyclic) bond motifs is 1. The molecule has 2 aliphatic heterocycles. The molecule has 2 heterocycles. The van der Waals surface area contributed by atoms with Crippen LogP contribution in [0.2, 0.25) is 0 Å². The number of rotatable bonds is 8. The van der Waals surface area contributed by atoms with Crippen LogP contribution in [0.25, 0.3) is 0 Å². The first kappa shape index (κ1) is 15.5. The van der Waals surface area contributed by atoms with Crippen LogP contribution >= 0.6 is 11.8 Å². The van der Waals surface area contributed by atoms with Crippen LogP contribution in [0.4, 0.5) is 4.79 Å². The lowest BCUT2D eigenvalue weighted by Crippen LogP contribution is -2.36. The Bertz CT molecular complexity index is 351. The molecule has 2 saturated heterocycles. The lowest BCUT2D eigenvalue weighted by molar-refractivity contribution is -0.121. The first-order valence-corrected chi connectivity index (χ1v) is 8.71. The van der Waals surface area contributed by atoms with E-state index >= 15 is 0 Å². The number of amides is 3. The minimum Gasteiger partial charge on any atom is -0.356 e. The third kappa shape index (κ3) is 4.30. The van der Waals surface area contributed by atoms with Gasteiger partial charge in [0.25, 0.3) is 0 Å². The van der Waals surface area contributed by atoms with Gasteiger partial charge in [0.15, 0.2) is 0 Å². The normalized spacial score (nSPS) is 27.9. The molecule has 3 atom stereocenters. The van der Waals surface area contributed by atoms with Gasteiger partial charge in [-0.1, -0.05) is 19.8 Å². The highest BCUT2D eigenvalue weighted by Gasteiger charge is 2.42. The van der Waals surface area contributed by atoms with Gasteiger partial charge in [-0.25, -0.2) is 4.79 Å². The number of nitrogens with one attached hydrogen (secondary N) is 3. The number of hydrogen-bond donors (Lipinski definition) is 3. The molecule has 2 rings (SSSR count). The van der Waals surface area contributed by atoms with Crippen molar-refractivity contribution in [1.82, 2.24) is 16.0 Å². The zero-order valence-corrected chi connectivity index (χ0v) is 12.9. The molecule has 3 amide bonds. The van der Waals surface area contributed by atoms with Crippen molar-refractivity contribution in [2.75, 3.05) is 12.3 Å². The monoisotopic (exact) mass is 299 g/mol. The first-order chi connectivity index (χ1) is 9.70. The summed E-state index contributed by atoms with van der Waals surface area (Å²) < 4.78 is 0. The Hall–Kier alpha value is -0.910. The number of thioether (sulfide) groups is 1. The Labute approximate surface area is 125 Å². The fraction of sp³-hybridized carbons (Fsp3) is 0.857. The highest BCUT2D eigenvalue weighted by molar-refractivity contribution is 8.00. The van der Waals surface area contributed by atoms with Crippen molar-refractivity contribution in [1.29, 1.82) is 0 Å².